The normalized spacial score (nSPS) is 20.2. The van der Waals surface area contributed by atoms with Gasteiger partial charge in [0.1, 0.15) is 34.5 Å². The zero-order chi connectivity index (χ0) is 30.2. The Morgan fingerprint density at radius 2 is 1.88 bits per heavy atom. The monoisotopic (exact) mass is 633 g/mol. The standard InChI is InChI=1S/C30H32BrN7O4/c1-17(39)28-22-11-20(21-13-32-19(3)33-14-21)9-10-23(22)37(36-28)15-27(40)38-18(2)30(4,16-42-5)12-24(38)29(41)35-26-8-6-7-25(31)34-26/h6-11,13-14,18,24H,12,15-16H2,1-5H3,(H,34,35,41)/t18-,24-,30-/m0/s1. The van der Waals surface area contributed by atoms with Gasteiger partial charge in [-0.25, -0.2) is 15.0 Å². The SMILES string of the molecule is COC[C@]1(C)C[C@@H](C(=O)Nc2cccc(Br)n2)N(C(=O)Cn2nc(C(C)=O)c3cc(-c4cnc(C)nc4)ccc32)[C@H]1C. The van der Waals surface area contributed by atoms with Crippen molar-refractivity contribution < 1.29 is 19.1 Å². The molecule has 3 aromatic heterocycles. The van der Waals surface area contributed by atoms with Gasteiger partial charge in [0.15, 0.2) is 5.78 Å². The van der Waals surface area contributed by atoms with E-state index in [1.807, 2.05) is 39.0 Å². The van der Waals surface area contributed by atoms with Crippen molar-refractivity contribution >= 4 is 50.2 Å². The molecule has 12 heteroatoms. The molecule has 0 spiro atoms. The molecule has 1 N–H and O–H groups in total. The highest BCUT2D eigenvalue weighted by atomic mass is 79.9. The number of hydrogen-bond donors (Lipinski definition) is 1. The average molecular weight is 635 g/mol. The van der Waals surface area contributed by atoms with Crippen LogP contribution in [0.4, 0.5) is 5.82 Å². The van der Waals surface area contributed by atoms with Crippen molar-refractivity contribution in [2.24, 2.45) is 5.41 Å². The average Bonchev–Trinajstić information content (AvgIpc) is 3.43. The van der Waals surface area contributed by atoms with Gasteiger partial charge in [0.25, 0.3) is 0 Å². The minimum atomic E-state index is -0.754. The number of Topliss-reactive ketones (excluding diaryl/α,β-unsaturated/α-hetero) is 1. The molecule has 1 aliphatic heterocycles. The number of nitrogens with zero attached hydrogens (tertiary/aromatic N) is 6. The highest BCUT2D eigenvalue weighted by molar-refractivity contribution is 9.10. The predicted octanol–water partition coefficient (Wildman–Crippen LogP) is 4.44. The van der Waals surface area contributed by atoms with Crippen molar-refractivity contribution in [2.45, 2.75) is 52.7 Å². The molecule has 0 radical (unpaired) electrons. The minimum absolute atomic E-state index is 0.150. The third-order valence-electron chi connectivity index (χ3n) is 7.94. The van der Waals surface area contributed by atoms with E-state index in [-0.39, 0.29) is 35.9 Å². The molecule has 42 heavy (non-hydrogen) atoms. The van der Waals surface area contributed by atoms with Crippen LogP contribution < -0.4 is 5.32 Å². The number of hydrogen-bond acceptors (Lipinski definition) is 8. The second-order valence-electron chi connectivity index (χ2n) is 10.9. The molecule has 3 atom stereocenters. The molecule has 2 amide bonds. The summed E-state index contributed by atoms with van der Waals surface area (Å²) in [5, 5.41) is 8.02. The van der Waals surface area contributed by atoms with Crippen molar-refractivity contribution in [1.29, 1.82) is 0 Å². The molecule has 0 saturated carbocycles. The maximum atomic E-state index is 14.0. The molecule has 4 aromatic rings. The molecular formula is C30H32BrN7O4. The van der Waals surface area contributed by atoms with E-state index in [2.05, 4.69) is 41.3 Å². The van der Waals surface area contributed by atoms with Crippen LogP contribution in [0.2, 0.25) is 0 Å². The molecular weight excluding hydrogens is 602 g/mol. The largest absolute Gasteiger partial charge is 0.384 e. The number of ketones is 1. The number of methoxy groups -OCH3 is 1. The number of nitrogens with one attached hydrogen (secondary N) is 1. The van der Waals surface area contributed by atoms with E-state index in [9.17, 15) is 14.4 Å². The fourth-order valence-electron chi connectivity index (χ4n) is 5.61. The van der Waals surface area contributed by atoms with Crippen molar-refractivity contribution in [1.82, 2.24) is 29.6 Å². The Morgan fingerprint density at radius 3 is 2.55 bits per heavy atom. The summed E-state index contributed by atoms with van der Waals surface area (Å²) < 4.78 is 7.62. The zero-order valence-corrected chi connectivity index (χ0v) is 25.7. The first-order chi connectivity index (χ1) is 20.0. The number of aryl methyl sites for hydroxylation is 1. The quantitative estimate of drug-likeness (QED) is 0.222. The summed E-state index contributed by atoms with van der Waals surface area (Å²) in [7, 11) is 1.61. The van der Waals surface area contributed by atoms with Gasteiger partial charge in [0, 0.05) is 48.8 Å². The number of carbonyl (C=O) groups is 3. The minimum Gasteiger partial charge on any atom is -0.384 e. The van der Waals surface area contributed by atoms with E-state index in [1.165, 1.54) is 11.6 Å². The van der Waals surface area contributed by atoms with Gasteiger partial charge in [-0.15, -0.1) is 0 Å². The fraction of sp³-hybridized carbons (Fsp3) is 0.367. The van der Waals surface area contributed by atoms with Crippen molar-refractivity contribution in [3.05, 3.63) is 64.9 Å². The lowest BCUT2D eigenvalue weighted by Crippen LogP contribution is -2.48. The molecule has 1 fully saturated rings. The van der Waals surface area contributed by atoms with Crippen LogP contribution >= 0.6 is 15.9 Å². The van der Waals surface area contributed by atoms with Crippen LogP contribution in [0.5, 0.6) is 0 Å². The molecule has 11 nitrogen and oxygen atoms in total. The Kier molecular flexibility index (Phi) is 8.20. The summed E-state index contributed by atoms with van der Waals surface area (Å²) in [5.74, 6) is 0.201. The predicted molar refractivity (Wildman–Crippen MR) is 161 cm³/mol. The smallest absolute Gasteiger partial charge is 0.248 e. The van der Waals surface area contributed by atoms with Crippen LogP contribution in [0.3, 0.4) is 0 Å². The number of fused-ring (bicyclic) bond motifs is 1. The van der Waals surface area contributed by atoms with E-state index < -0.39 is 11.5 Å². The second-order valence-corrected chi connectivity index (χ2v) is 11.7. The lowest BCUT2D eigenvalue weighted by molar-refractivity contribution is -0.139. The van der Waals surface area contributed by atoms with Crippen LogP contribution in [0.15, 0.2) is 53.4 Å². The van der Waals surface area contributed by atoms with Crippen molar-refractivity contribution in [3.63, 3.8) is 0 Å². The first-order valence-corrected chi connectivity index (χ1v) is 14.3. The molecule has 0 aliphatic carbocycles. The van der Waals surface area contributed by atoms with Gasteiger partial charge in [-0.1, -0.05) is 19.1 Å². The van der Waals surface area contributed by atoms with Crippen molar-refractivity contribution in [3.8, 4) is 11.1 Å². The summed E-state index contributed by atoms with van der Waals surface area (Å²) in [6.45, 7) is 7.43. The van der Waals surface area contributed by atoms with E-state index in [0.717, 1.165) is 11.1 Å². The zero-order valence-electron chi connectivity index (χ0n) is 24.1. The molecule has 5 rings (SSSR count). The third-order valence-corrected chi connectivity index (χ3v) is 8.38. The van der Waals surface area contributed by atoms with Crippen molar-refractivity contribution in [2.75, 3.05) is 19.0 Å². The number of pyridine rings is 1. The summed E-state index contributed by atoms with van der Waals surface area (Å²) in [6.07, 6.45) is 3.87. The maximum absolute atomic E-state index is 14.0. The Hall–Kier alpha value is -4.03. The van der Waals surface area contributed by atoms with E-state index in [4.69, 9.17) is 4.74 Å². The molecule has 0 bridgehead atoms. The van der Waals surface area contributed by atoms with Crippen LogP contribution in [-0.4, -0.2) is 73.0 Å². The summed E-state index contributed by atoms with van der Waals surface area (Å²) in [4.78, 5) is 54.6. The second kappa shape index (κ2) is 11.7. The van der Waals surface area contributed by atoms with Gasteiger partial charge in [0.2, 0.25) is 11.8 Å². The third kappa shape index (κ3) is 5.68. The molecule has 218 valence electrons. The number of ether oxygens (including phenoxy) is 1. The van der Waals surface area contributed by atoms with Gasteiger partial charge in [0.05, 0.1) is 12.1 Å². The van der Waals surface area contributed by atoms with E-state index in [1.54, 1.807) is 42.6 Å². The molecule has 1 saturated heterocycles. The molecule has 4 heterocycles. The highest BCUT2D eigenvalue weighted by Gasteiger charge is 2.51. The number of anilines is 1. The number of rotatable bonds is 8. The lowest BCUT2D eigenvalue weighted by atomic mass is 9.83. The van der Waals surface area contributed by atoms with Gasteiger partial charge in [-0.05, 0) is 66.0 Å². The molecule has 1 aliphatic rings. The number of carbonyl (C=O) groups excluding carboxylic acids is 3. The Bertz CT molecular complexity index is 1670. The fourth-order valence-corrected chi connectivity index (χ4v) is 5.96. The number of halogens is 1. The number of amides is 2. The summed E-state index contributed by atoms with van der Waals surface area (Å²) in [6, 6.07) is 9.76. The highest BCUT2D eigenvalue weighted by Crippen LogP contribution is 2.41. The lowest BCUT2D eigenvalue weighted by Gasteiger charge is -2.32. The van der Waals surface area contributed by atoms with Crippen LogP contribution in [0.25, 0.3) is 22.0 Å². The van der Waals surface area contributed by atoms with Crippen LogP contribution in [0.1, 0.15) is 43.5 Å². The topological polar surface area (TPSA) is 132 Å². The Morgan fingerprint density at radius 1 is 1.14 bits per heavy atom. The van der Waals surface area contributed by atoms with Crippen LogP contribution in [0, 0.1) is 12.3 Å². The van der Waals surface area contributed by atoms with Gasteiger partial charge < -0.3 is 15.0 Å². The van der Waals surface area contributed by atoms with Crippen LogP contribution in [-0.2, 0) is 20.9 Å². The number of likely N-dealkylation sites (tertiary alicyclic amines) is 1. The van der Waals surface area contributed by atoms with Gasteiger partial charge >= 0.3 is 0 Å². The Balaban J connectivity index is 1.47. The van der Waals surface area contributed by atoms with E-state index in [0.29, 0.717) is 40.2 Å². The maximum Gasteiger partial charge on any atom is 0.248 e. The number of aromatic nitrogens is 5. The first-order valence-electron chi connectivity index (χ1n) is 13.5. The van der Waals surface area contributed by atoms with Gasteiger partial charge in [-0.3, -0.25) is 19.1 Å². The van der Waals surface area contributed by atoms with E-state index >= 15 is 0 Å². The molecule has 1 aromatic carbocycles. The number of benzene rings is 1. The summed E-state index contributed by atoms with van der Waals surface area (Å²) in [5.41, 5.74) is 2.08. The summed E-state index contributed by atoms with van der Waals surface area (Å²) >= 11 is 3.32. The Labute approximate surface area is 251 Å². The molecule has 0 unspecified atom stereocenters. The van der Waals surface area contributed by atoms with Gasteiger partial charge in [-0.2, -0.15) is 5.10 Å². The first kappa shape index (κ1) is 29.5.